The first kappa shape index (κ1) is 67.7. The number of hydrogen-bond acceptors (Lipinski definition) is 4. The Hall–Kier alpha value is -14.1. The highest BCUT2D eigenvalue weighted by atomic mass is 15.2. The van der Waals surface area contributed by atoms with E-state index in [1.54, 1.807) is 0 Å². The highest BCUT2D eigenvalue weighted by Gasteiger charge is 2.17. The summed E-state index contributed by atoms with van der Waals surface area (Å²) in [6.45, 7) is 0. The first-order valence-corrected chi connectivity index (χ1v) is 36.0. The second-order valence-electron chi connectivity index (χ2n) is 25.9. The molecule has 506 valence electrons. The van der Waals surface area contributed by atoms with Crippen LogP contribution in [0.2, 0.25) is 0 Å². The third kappa shape index (κ3) is 17.4. The van der Waals surface area contributed by atoms with E-state index in [2.05, 4.69) is 493 Å². The molecule has 0 fully saturated rings. The minimum atomic E-state index is 1.06. The Balaban J connectivity index is 0.613. The lowest BCUT2D eigenvalue weighted by Crippen LogP contribution is -2.09. The molecule has 0 aromatic heterocycles. The molecule has 15 rings (SSSR count). The van der Waals surface area contributed by atoms with E-state index in [0.717, 1.165) is 135 Å². The van der Waals surface area contributed by atoms with Gasteiger partial charge < -0.3 is 19.6 Å². The summed E-state index contributed by atoms with van der Waals surface area (Å²) in [5, 5.41) is 0. The first-order chi connectivity index (χ1) is 52.5. The van der Waals surface area contributed by atoms with E-state index in [-0.39, 0.29) is 0 Å². The molecule has 4 nitrogen and oxygen atoms in total. The van der Waals surface area contributed by atoms with Crippen molar-refractivity contribution in [2.24, 2.45) is 0 Å². The van der Waals surface area contributed by atoms with E-state index < -0.39 is 0 Å². The van der Waals surface area contributed by atoms with Crippen LogP contribution in [-0.4, -0.2) is 0 Å². The third-order valence-corrected chi connectivity index (χ3v) is 18.6. The molecule has 0 amide bonds. The fourth-order valence-corrected chi connectivity index (χ4v) is 13.0. The van der Waals surface area contributed by atoms with Crippen molar-refractivity contribution >= 4 is 141 Å². The maximum absolute atomic E-state index is 2.33. The average Bonchev–Trinajstić information content (AvgIpc) is 0.854. The van der Waals surface area contributed by atoms with Gasteiger partial charge in [0, 0.05) is 68.2 Å². The number of para-hydroxylation sites is 6. The standard InChI is InChI=1S/C102H78N4/c1-7-19-91(20-8-1)103(92-21-9-2-10-22-92)97-67-55-85(56-68-97)49-43-79-31-37-82(38-32-79)46-52-88-61-73-100(74-62-88)106(101-75-63-89(64-76-101)53-47-83-39-33-80(34-40-83)44-50-86-57-69-98(70-58-86)104(93-23-11-3-12-24-93)94-25-13-4-14-26-94)102-77-65-90(66-78-102)54-48-84-41-35-81(36-42-84)45-51-87-59-71-99(72-60-87)105(95-27-15-5-16-28-95)96-29-17-6-18-30-96/h1-78H/b49-43+,50-44+,51-45+,52-46+,53-47+,54-48+. The van der Waals surface area contributed by atoms with Crippen LogP contribution in [0.4, 0.5) is 68.2 Å². The molecule has 0 N–H and O–H groups in total. The van der Waals surface area contributed by atoms with Crippen LogP contribution < -0.4 is 19.6 Å². The molecule has 106 heavy (non-hydrogen) atoms. The molecule has 0 saturated carbocycles. The summed E-state index contributed by atoms with van der Waals surface area (Å²) in [5.74, 6) is 0. The van der Waals surface area contributed by atoms with Gasteiger partial charge in [0.25, 0.3) is 0 Å². The third-order valence-electron chi connectivity index (χ3n) is 18.6. The Morgan fingerprint density at radius 2 is 0.179 bits per heavy atom. The Morgan fingerprint density at radius 1 is 0.0943 bits per heavy atom. The number of rotatable bonds is 24. The zero-order valence-electron chi connectivity index (χ0n) is 58.8. The number of benzene rings is 15. The summed E-state index contributed by atoms with van der Waals surface area (Å²) in [5.41, 5.74) is 26.8. The number of anilines is 12. The SMILES string of the molecule is C(=C\c1ccc(N(c2ccccc2)c2ccccc2)cc1)/c1ccc(/C=C/c2ccc(N(c3ccc(/C=C/c4ccc(/C=C/c5ccc(N(c6ccccc6)c6ccccc6)cc5)cc4)cc3)c3ccc(/C=C/c4ccc(/C=C/c5ccc(N(c6ccccc6)c6ccccc6)cc5)cc4)cc3)cc2)cc1. The van der Waals surface area contributed by atoms with Crippen molar-refractivity contribution in [3.8, 4) is 0 Å². The molecular formula is C102H78N4. The van der Waals surface area contributed by atoms with Gasteiger partial charge in [-0.1, -0.05) is 328 Å². The molecule has 0 spiro atoms. The van der Waals surface area contributed by atoms with Crippen molar-refractivity contribution < 1.29 is 0 Å². The van der Waals surface area contributed by atoms with Gasteiger partial charge in [-0.05, 0) is 212 Å². The van der Waals surface area contributed by atoms with Crippen molar-refractivity contribution in [3.05, 3.63) is 467 Å². The Labute approximate surface area is 624 Å². The molecule has 0 bridgehead atoms. The predicted molar refractivity (Wildman–Crippen MR) is 457 cm³/mol. The zero-order chi connectivity index (χ0) is 71.3. The first-order valence-electron chi connectivity index (χ1n) is 36.0. The summed E-state index contributed by atoms with van der Waals surface area (Å²) in [6, 6.07) is 142. The van der Waals surface area contributed by atoms with Crippen molar-refractivity contribution in [1.29, 1.82) is 0 Å². The monoisotopic (exact) mass is 1360 g/mol. The molecular weight excluding hydrogens is 1280 g/mol. The lowest BCUT2D eigenvalue weighted by atomic mass is 10.1. The maximum Gasteiger partial charge on any atom is 0.0462 e. The van der Waals surface area contributed by atoms with Gasteiger partial charge >= 0.3 is 0 Å². The van der Waals surface area contributed by atoms with Gasteiger partial charge in [-0.15, -0.1) is 0 Å². The van der Waals surface area contributed by atoms with Gasteiger partial charge in [-0.3, -0.25) is 0 Å². The average molecular weight is 1360 g/mol. The van der Waals surface area contributed by atoms with Crippen LogP contribution in [0.15, 0.2) is 400 Å². The van der Waals surface area contributed by atoms with Gasteiger partial charge in [0.15, 0.2) is 0 Å². The number of hydrogen-bond donors (Lipinski definition) is 0. The second kappa shape index (κ2) is 33.6. The maximum atomic E-state index is 2.33. The molecule has 0 aliphatic heterocycles. The van der Waals surface area contributed by atoms with Crippen molar-refractivity contribution in [3.63, 3.8) is 0 Å². The topological polar surface area (TPSA) is 13.0 Å². The summed E-state index contributed by atoms with van der Waals surface area (Å²) in [4.78, 5) is 9.17. The fraction of sp³-hybridized carbons (Fsp3) is 0. The molecule has 0 aliphatic carbocycles. The van der Waals surface area contributed by atoms with Crippen molar-refractivity contribution in [2.45, 2.75) is 0 Å². The Bertz CT molecular complexity index is 4780. The molecule has 15 aromatic rings. The molecule has 0 atom stereocenters. The van der Waals surface area contributed by atoms with Crippen LogP contribution in [-0.2, 0) is 0 Å². The number of nitrogens with zero attached hydrogens (tertiary/aromatic N) is 4. The van der Waals surface area contributed by atoms with E-state index in [9.17, 15) is 0 Å². The van der Waals surface area contributed by atoms with Crippen LogP contribution >= 0.6 is 0 Å². The quantitative estimate of drug-likeness (QED) is 0.0559. The lowest BCUT2D eigenvalue weighted by Gasteiger charge is -2.26. The van der Waals surface area contributed by atoms with E-state index in [0.29, 0.717) is 0 Å². The zero-order valence-corrected chi connectivity index (χ0v) is 58.8. The normalized spacial score (nSPS) is 11.5. The van der Waals surface area contributed by atoms with E-state index in [4.69, 9.17) is 0 Å². The van der Waals surface area contributed by atoms with Gasteiger partial charge in [0.05, 0.1) is 0 Å². The molecule has 15 aromatic carbocycles. The molecule has 0 heterocycles. The van der Waals surface area contributed by atoms with Crippen LogP contribution in [0.25, 0.3) is 72.9 Å². The highest BCUT2D eigenvalue weighted by molar-refractivity contribution is 5.85. The minimum Gasteiger partial charge on any atom is -0.311 e. The van der Waals surface area contributed by atoms with Crippen LogP contribution in [0.3, 0.4) is 0 Å². The summed E-state index contributed by atoms with van der Waals surface area (Å²) in [6.07, 6.45) is 26.1. The van der Waals surface area contributed by atoms with E-state index >= 15 is 0 Å². The Kier molecular flexibility index (Phi) is 21.5. The molecule has 0 radical (unpaired) electrons. The summed E-state index contributed by atoms with van der Waals surface area (Å²) < 4.78 is 0. The largest absolute Gasteiger partial charge is 0.311 e. The fourth-order valence-electron chi connectivity index (χ4n) is 13.0. The minimum absolute atomic E-state index is 1.06. The van der Waals surface area contributed by atoms with E-state index in [1.165, 1.54) is 0 Å². The van der Waals surface area contributed by atoms with Gasteiger partial charge in [0.1, 0.15) is 0 Å². The molecule has 0 saturated heterocycles. The molecule has 0 unspecified atom stereocenters. The lowest BCUT2D eigenvalue weighted by molar-refractivity contribution is 1.28. The highest BCUT2D eigenvalue weighted by Crippen LogP contribution is 2.40. The van der Waals surface area contributed by atoms with Gasteiger partial charge in [-0.25, -0.2) is 0 Å². The van der Waals surface area contributed by atoms with Crippen molar-refractivity contribution in [2.75, 3.05) is 19.6 Å². The summed E-state index contributed by atoms with van der Waals surface area (Å²) in [7, 11) is 0. The molecule has 0 aliphatic rings. The second-order valence-corrected chi connectivity index (χ2v) is 25.9. The van der Waals surface area contributed by atoms with Gasteiger partial charge in [0.2, 0.25) is 0 Å². The molecule has 4 heteroatoms. The smallest absolute Gasteiger partial charge is 0.0462 e. The van der Waals surface area contributed by atoms with Crippen LogP contribution in [0.1, 0.15) is 66.8 Å². The van der Waals surface area contributed by atoms with Crippen molar-refractivity contribution in [1.82, 2.24) is 0 Å². The predicted octanol–water partition coefficient (Wildman–Crippen LogP) is 28.6. The van der Waals surface area contributed by atoms with Gasteiger partial charge in [-0.2, -0.15) is 0 Å². The summed E-state index contributed by atoms with van der Waals surface area (Å²) >= 11 is 0. The Morgan fingerprint density at radius 3 is 0.283 bits per heavy atom. The van der Waals surface area contributed by atoms with Crippen LogP contribution in [0.5, 0.6) is 0 Å². The van der Waals surface area contributed by atoms with Crippen LogP contribution in [0, 0.1) is 0 Å². The van der Waals surface area contributed by atoms with E-state index in [1.807, 2.05) is 0 Å².